The number of methoxy groups -OCH3 is 1. The molecule has 0 fully saturated rings. The number of carbonyl (C=O) groups is 1. The van der Waals surface area contributed by atoms with Gasteiger partial charge in [-0.2, -0.15) is 0 Å². The molecule has 1 unspecified atom stereocenters. The maximum absolute atomic E-state index is 15.6. The molecule has 3 N–H and O–H groups in total. The smallest absolute Gasteiger partial charge is 0.258 e. The van der Waals surface area contributed by atoms with Gasteiger partial charge in [0.25, 0.3) is 11.5 Å². The van der Waals surface area contributed by atoms with Crippen LogP contribution in [-0.4, -0.2) is 34.2 Å². The van der Waals surface area contributed by atoms with Crippen LogP contribution >= 0.6 is 0 Å². The van der Waals surface area contributed by atoms with Crippen LogP contribution in [0.15, 0.2) is 95.8 Å². The summed E-state index contributed by atoms with van der Waals surface area (Å²) in [5.74, 6) is -2.85. The van der Waals surface area contributed by atoms with Crippen molar-refractivity contribution in [3.63, 3.8) is 0 Å². The van der Waals surface area contributed by atoms with E-state index in [1.54, 1.807) is 55.6 Å². The summed E-state index contributed by atoms with van der Waals surface area (Å²) in [4.78, 5) is 30.3. The van der Waals surface area contributed by atoms with E-state index in [-0.39, 0.29) is 35.7 Å². The van der Waals surface area contributed by atoms with Crippen molar-refractivity contribution in [2.45, 2.75) is 12.3 Å². The molecule has 6 aromatic rings. The fraction of sp³-hybridized carbons (Fsp3) is 0.143. The Morgan fingerprint density at radius 1 is 0.977 bits per heavy atom. The number of aromatic nitrogens is 2. The molecule has 1 amide bonds. The number of aryl methyl sites for hydroxylation is 1. The first-order valence-electron chi connectivity index (χ1n) is 14.1. The highest BCUT2D eigenvalue weighted by Crippen LogP contribution is 2.42. The number of benzene rings is 4. The van der Waals surface area contributed by atoms with Gasteiger partial charge >= 0.3 is 0 Å². The Hall–Kier alpha value is -5.44. The number of aromatic amines is 1. The number of nitrogens with zero attached hydrogens (tertiary/aromatic N) is 1. The first kappa shape index (κ1) is 28.7. The molecule has 9 heteroatoms. The third-order valence-corrected chi connectivity index (χ3v) is 8.02. The molecule has 0 spiro atoms. The normalized spacial score (nSPS) is 12.0. The van der Waals surface area contributed by atoms with E-state index in [1.807, 2.05) is 24.3 Å². The zero-order valence-electron chi connectivity index (χ0n) is 24.0. The molecule has 0 aliphatic heterocycles. The summed E-state index contributed by atoms with van der Waals surface area (Å²) >= 11 is 0. The molecule has 2 aromatic heterocycles. The molecule has 6 rings (SSSR count). The fourth-order valence-corrected chi connectivity index (χ4v) is 5.92. The van der Waals surface area contributed by atoms with E-state index in [2.05, 4.69) is 10.3 Å². The molecule has 0 radical (unpaired) electrons. The van der Waals surface area contributed by atoms with Crippen molar-refractivity contribution >= 4 is 27.7 Å². The molecule has 0 saturated heterocycles. The van der Waals surface area contributed by atoms with Gasteiger partial charge < -0.3 is 24.7 Å². The minimum atomic E-state index is -1.21. The van der Waals surface area contributed by atoms with Gasteiger partial charge in [0.1, 0.15) is 23.1 Å². The number of carbonyl (C=O) groups excluding carboxylic acids is 1. The topological polar surface area (TPSA) is 96.3 Å². The average molecular weight is 594 g/mol. The Labute approximate surface area is 251 Å². The number of ether oxygens (including phenoxy) is 1. The summed E-state index contributed by atoms with van der Waals surface area (Å²) in [5, 5.41) is 15.7. The van der Waals surface area contributed by atoms with Crippen LogP contribution in [0.5, 0.6) is 11.5 Å². The van der Waals surface area contributed by atoms with E-state index in [1.165, 1.54) is 11.7 Å². The number of fused-ring (bicyclic) bond motifs is 2. The second kappa shape index (κ2) is 11.7. The van der Waals surface area contributed by atoms with Crippen molar-refractivity contribution in [1.29, 1.82) is 0 Å². The number of halogens is 2. The predicted molar refractivity (Wildman–Crippen MR) is 165 cm³/mol. The van der Waals surface area contributed by atoms with Gasteiger partial charge in [0.2, 0.25) is 0 Å². The van der Waals surface area contributed by atoms with E-state index >= 15 is 4.39 Å². The van der Waals surface area contributed by atoms with Crippen molar-refractivity contribution in [2.24, 2.45) is 7.05 Å². The Morgan fingerprint density at radius 3 is 2.48 bits per heavy atom. The highest BCUT2D eigenvalue weighted by Gasteiger charge is 2.32. The molecule has 0 aliphatic rings. The molecular weight excluding hydrogens is 564 g/mol. The van der Waals surface area contributed by atoms with Gasteiger partial charge in [-0.3, -0.25) is 9.59 Å². The number of pyridine rings is 1. The van der Waals surface area contributed by atoms with Gasteiger partial charge in [0, 0.05) is 41.1 Å². The fourth-order valence-electron chi connectivity index (χ4n) is 5.92. The lowest BCUT2D eigenvalue weighted by Crippen LogP contribution is -2.27. The molecule has 44 heavy (non-hydrogen) atoms. The quantitative estimate of drug-likeness (QED) is 0.197. The van der Waals surface area contributed by atoms with Gasteiger partial charge in [0.15, 0.2) is 0 Å². The van der Waals surface area contributed by atoms with Crippen LogP contribution in [0, 0.1) is 11.6 Å². The average Bonchev–Trinajstić information content (AvgIpc) is 3.41. The molecule has 0 saturated carbocycles. The van der Waals surface area contributed by atoms with E-state index in [9.17, 15) is 19.1 Å². The summed E-state index contributed by atoms with van der Waals surface area (Å²) in [6, 6.07) is 24.2. The van der Waals surface area contributed by atoms with Crippen LogP contribution in [0.25, 0.3) is 21.8 Å². The Bertz CT molecular complexity index is 2100. The number of hydrogen-bond acceptors (Lipinski definition) is 4. The number of para-hydroxylation sites is 3. The Balaban J connectivity index is 1.53. The third-order valence-electron chi connectivity index (χ3n) is 8.02. The van der Waals surface area contributed by atoms with Crippen LogP contribution in [0.1, 0.15) is 38.7 Å². The maximum Gasteiger partial charge on any atom is 0.258 e. The van der Waals surface area contributed by atoms with Gasteiger partial charge in [-0.05, 0) is 60.5 Å². The van der Waals surface area contributed by atoms with Crippen LogP contribution < -0.4 is 15.6 Å². The van der Waals surface area contributed by atoms with E-state index in [0.717, 1.165) is 23.6 Å². The van der Waals surface area contributed by atoms with Gasteiger partial charge in [0.05, 0.1) is 29.7 Å². The number of rotatable bonds is 8. The minimum absolute atomic E-state index is 0.0958. The highest BCUT2D eigenvalue weighted by molar-refractivity contribution is 5.97. The van der Waals surface area contributed by atoms with Crippen LogP contribution in [0.2, 0.25) is 0 Å². The standard InChI is InChI=1S/C35H29F2N3O4/c1-40-28-13-7-4-10-23(28)33(41)31(35(40)43)30(25-19-20(36)15-16-26(25)37)32-22(21-9-3-6-12-27(21)39-32)17-18-38-34(42)24-11-5-8-14-29(24)44-2/h3-16,19,30,39,41H,17-18H2,1-2H3,(H,38,42). The first-order chi connectivity index (χ1) is 21.3. The third kappa shape index (κ3) is 4.96. The second-order valence-electron chi connectivity index (χ2n) is 10.5. The van der Waals surface area contributed by atoms with Crippen molar-refractivity contribution in [1.82, 2.24) is 14.9 Å². The lowest BCUT2D eigenvalue weighted by atomic mass is 9.84. The molecule has 4 aromatic carbocycles. The zero-order valence-corrected chi connectivity index (χ0v) is 24.0. The zero-order chi connectivity index (χ0) is 31.0. The summed E-state index contributed by atoms with van der Waals surface area (Å²) in [7, 11) is 3.06. The Morgan fingerprint density at radius 2 is 1.68 bits per heavy atom. The van der Waals surface area contributed by atoms with Crippen molar-refractivity contribution < 1.29 is 23.4 Å². The summed E-state index contributed by atoms with van der Waals surface area (Å²) < 4.78 is 37.1. The molecule has 1 atom stereocenters. The number of hydrogen-bond donors (Lipinski definition) is 3. The van der Waals surface area contributed by atoms with E-state index in [0.29, 0.717) is 39.0 Å². The highest BCUT2D eigenvalue weighted by atomic mass is 19.1. The van der Waals surface area contributed by atoms with Crippen molar-refractivity contribution in [3.8, 4) is 11.5 Å². The summed E-state index contributed by atoms with van der Waals surface area (Å²) in [5.41, 5.74) is 1.90. The number of H-pyrrole nitrogens is 1. The predicted octanol–water partition coefficient (Wildman–Crippen LogP) is 6.16. The number of nitrogens with one attached hydrogen (secondary N) is 2. The Kier molecular flexibility index (Phi) is 7.61. The van der Waals surface area contributed by atoms with Gasteiger partial charge in [-0.15, -0.1) is 0 Å². The lowest BCUT2D eigenvalue weighted by Gasteiger charge is -2.22. The molecular formula is C35H29F2N3O4. The molecule has 0 bridgehead atoms. The first-order valence-corrected chi connectivity index (χ1v) is 14.1. The van der Waals surface area contributed by atoms with E-state index in [4.69, 9.17) is 4.74 Å². The molecule has 0 aliphatic carbocycles. The van der Waals surface area contributed by atoms with Crippen LogP contribution in [0.4, 0.5) is 8.78 Å². The molecule has 7 nitrogen and oxygen atoms in total. The van der Waals surface area contributed by atoms with Gasteiger partial charge in [-0.1, -0.05) is 42.5 Å². The summed E-state index contributed by atoms with van der Waals surface area (Å²) in [6.07, 6.45) is 0.280. The minimum Gasteiger partial charge on any atom is -0.507 e. The molecule has 222 valence electrons. The largest absolute Gasteiger partial charge is 0.507 e. The lowest BCUT2D eigenvalue weighted by molar-refractivity contribution is 0.0951. The number of amides is 1. The van der Waals surface area contributed by atoms with Gasteiger partial charge in [-0.25, -0.2) is 8.78 Å². The van der Waals surface area contributed by atoms with Crippen molar-refractivity contribution in [3.05, 3.63) is 141 Å². The number of aromatic hydroxyl groups is 1. The van der Waals surface area contributed by atoms with Crippen LogP contribution in [-0.2, 0) is 13.5 Å². The SMILES string of the molecule is COc1ccccc1C(=O)NCCc1c(C(c2cc(F)ccc2F)c2c(O)c3ccccc3n(C)c2=O)[nH]c2ccccc12. The van der Waals surface area contributed by atoms with Crippen LogP contribution in [0.3, 0.4) is 0 Å². The van der Waals surface area contributed by atoms with E-state index < -0.39 is 23.1 Å². The maximum atomic E-state index is 15.6. The molecule has 2 heterocycles. The second-order valence-corrected chi connectivity index (χ2v) is 10.5. The van der Waals surface area contributed by atoms with Crippen molar-refractivity contribution in [2.75, 3.05) is 13.7 Å². The summed E-state index contributed by atoms with van der Waals surface area (Å²) in [6.45, 7) is 0.186. The monoisotopic (exact) mass is 593 g/mol.